The molecule has 17 fully saturated rings. The summed E-state index contributed by atoms with van der Waals surface area (Å²) in [6, 6.07) is 0. The molecule has 0 radical (unpaired) electrons. The molecule has 832 valence electrons. The summed E-state index contributed by atoms with van der Waals surface area (Å²) in [6.45, 7) is 102. The Bertz CT molecular complexity index is 4680. The lowest BCUT2D eigenvalue weighted by Crippen LogP contribution is -2.59. The van der Waals surface area contributed by atoms with Gasteiger partial charge in [-0.25, -0.2) is 0 Å². The van der Waals surface area contributed by atoms with Crippen LogP contribution >= 0.6 is 34.8 Å². The van der Waals surface area contributed by atoms with E-state index < -0.39 is 5.60 Å². The fraction of sp³-hybridized carbons (Fsp3) is 0.814. The van der Waals surface area contributed by atoms with Crippen LogP contribution in [-0.2, 0) is 9.05 Å². The van der Waals surface area contributed by atoms with Crippen molar-refractivity contribution < 1.29 is 14.2 Å². The lowest BCUT2D eigenvalue weighted by atomic mass is 9.37. The molecule has 0 aromatic heterocycles. The fourth-order valence-corrected chi connectivity index (χ4v) is 43.6. The summed E-state index contributed by atoms with van der Waals surface area (Å²) in [5, 5.41) is 10.3. The molecule has 3 nitrogen and oxygen atoms in total. The van der Waals surface area contributed by atoms with Crippen LogP contribution in [-0.4, -0.2) is 23.9 Å². The van der Waals surface area contributed by atoms with Crippen LogP contribution in [0.5, 0.6) is 0 Å². The summed E-state index contributed by atoms with van der Waals surface area (Å²) in [5.41, 5.74) is 23.6. The molecule has 1 N–H and O–H groups in total. The predicted molar refractivity (Wildman–Crippen MR) is 655 cm³/mol. The molecule has 7 heteroatoms. The lowest BCUT2D eigenvalue weighted by Gasteiger charge is -2.68. The topological polar surface area (TPSA) is 38.7 Å². The number of aliphatic hydroxyl groups is 1. The van der Waals surface area contributed by atoms with Crippen LogP contribution in [0, 0.1) is 187 Å². The highest BCUT2D eigenvalue weighted by Gasteiger charge is 2.67. The molecular weight excluding hydrogens is 1850 g/mol. The number of fused-ring (bicyclic) bond motifs is 13. The minimum Gasteiger partial charge on any atom is -0.386 e. The quantitative estimate of drug-likeness (QED) is 0.0539. The van der Waals surface area contributed by atoms with Crippen LogP contribution in [0.3, 0.4) is 0 Å². The maximum atomic E-state index is 10.3. The molecule has 0 aromatic carbocycles. The van der Waals surface area contributed by atoms with Gasteiger partial charge in [-0.1, -0.05) is 359 Å². The molecule has 20 rings (SSSR count). The van der Waals surface area contributed by atoms with Crippen molar-refractivity contribution in [3.05, 3.63) is 157 Å². The van der Waals surface area contributed by atoms with Crippen molar-refractivity contribution in [2.24, 2.45) is 187 Å². The minimum absolute atomic E-state index is 0.263. The Labute approximate surface area is 919 Å². The van der Waals surface area contributed by atoms with E-state index in [9.17, 15) is 5.11 Å². The summed E-state index contributed by atoms with van der Waals surface area (Å²) in [5.74, 6) is 13.6. The van der Waals surface area contributed by atoms with Gasteiger partial charge < -0.3 is 14.2 Å². The van der Waals surface area contributed by atoms with Crippen LogP contribution in [0.25, 0.3) is 0 Å². The third kappa shape index (κ3) is 25.7. The first-order valence-corrected chi connectivity index (χ1v) is 67.6. The van der Waals surface area contributed by atoms with E-state index in [-0.39, 0.29) is 5.41 Å². The third-order valence-corrected chi connectivity index (χ3v) is 52.1. The Morgan fingerprint density at radius 3 is 1.20 bits per heavy atom. The lowest BCUT2D eigenvalue weighted by molar-refractivity contribution is -0.167. The van der Waals surface area contributed by atoms with Crippen molar-refractivity contribution in [2.75, 3.05) is 13.2 Å². The van der Waals surface area contributed by atoms with E-state index in [1.54, 1.807) is 33.9 Å². The highest BCUT2D eigenvalue weighted by atomic mass is 32.0. The minimum atomic E-state index is -0.742. The smallest absolute Gasteiger partial charge is 0.0797 e. The summed E-state index contributed by atoms with van der Waals surface area (Å²) in [6.07, 6.45) is 87.7. The Morgan fingerprint density at radius 1 is 0.395 bits per heavy atom. The summed E-state index contributed by atoms with van der Waals surface area (Å²) in [4.78, 5) is 0. The first-order chi connectivity index (χ1) is 68.6. The molecular formula is C140H234O3P4. The van der Waals surface area contributed by atoms with Gasteiger partial charge in [-0.05, 0) is 498 Å². The molecule has 2 spiro atoms. The molecule has 147 heavy (non-hydrogen) atoms. The zero-order valence-electron chi connectivity index (χ0n) is 101. The Balaban J connectivity index is 0.000000143. The highest BCUT2D eigenvalue weighted by molar-refractivity contribution is 8.00. The van der Waals surface area contributed by atoms with Gasteiger partial charge in [0.1, 0.15) is 0 Å². The first kappa shape index (κ1) is 122. The van der Waals surface area contributed by atoms with Crippen molar-refractivity contribution in [1.29, 1.82) is 0 Å². The molecule has 0 aliphatic heterocycles. The van der Waals surface area contributed by atoms with Crippen molar-refractivity contribution >= 4 is 34.8 Å². The van der Waals surface area contributed by atoms with E-state index in [1.807, 2.05) is 13.0 Å². The van der Waals surface area contributed by atoms with Crippen LogP contribution in [0.4, 0.5) is 0 Å². The Morgan fingerprint density at radius 2 is 0.762 bits per heavy atom. The highest BCUT2D eigenvalue weighted by Crippen LogP contribution is 2.76. The summed E-state index contributed by atoms with van der Waals surface area (Å²) >= 11 is 0. The molecule has 0 aromatic rings. The zero-order chi connectivity index (χ0) is 108. The largest absolute Gasteiger partial charge is 0.386 e. The average Bonchev–Trinajstić information content (AvgIpc) is 1.68. The molecule has 17 saturated carbocycles. The summed E-state index contributed by atoms with van der Waals surface area (Å²) < 4.78 is 10.9. The van der Waals surface area contributed by atoms with Gasteiger partial charge in [-0.3, -0.25) is 0 Å². The van der Waals surface area contributed by atoms with E-state index in [0.717, 1.165) is 115 Å². The SMILES string of the molecule is C=C1CCC2C(C)(C)CCC[C@@]2(C)[C@@H]1CC/C(C)=C/COPP.C=C1C[C@@]23CCC4C(C)(C)CCC[C@@]4(C)[C@@H]2CC[C@@H]1C3.C=C1C[C@@]23CCC4C(C)(C)CCC[C@@]4(C)[C@@H]2C[C@@H]1CC3.C=CC(=C)CC[C@H]1C(C)=CCC2C(C)(C)CCC[C@@]21C.C=CC(C)(O)CC[C@@H]1C(=C)CCC2C(C)(C)CCC[C@]21C.C=C[C@]1(C)C=C2CCC3C(C)(C)CCC[C@@]3(C)[C@@H]2CC1.CC1=CCC2C(C)(C)CCC[C@]2(C)[C@H]1CC/C(C)=C/COPP. The van der Waals surface area contributed by atoms with E-state index in [0.29, 0.717) is 115 Å². The number of hydrogen-bond acceptors (Lipinski definition) is 3. The third-order valence-electron chi connectivity index (χ3n) is 50.5. The van der Waals surface area contributed by atoms with Gasteiger partial charge in [0.15, 0.2) is 0 Å². The van der Waals surface area contributed by atoms with Crippen molar-refractivity contribution in [3.63, 3.8) is 0 Å². The zero-order valence-corrected chi connectivity index (χ0v) is 106. The standard InChI is InChI=1S/2C20H36OP2.C20H34O.4C20H32/c2*1-15(11-14-21-23-22)7-9-17-16(2)8-10-18-19(3,4)12-6-13-20(17,18)5;1-7-19(5,21)14-11-16-15(2)9-10-17-18(3,4)12-8-13-20(16,17)6;1-14-13-20-10-6-15(14)12-17(20)19(4)9-5-8-18(2,3)16(19)7-11-20;1-14-12-20-11-8-16-18(2,3)9-5-10-19(16,4)17(20)7-6-15(14)13-20;1-6-19(4)13-10-16-15(14-19)8-9-17-18(2,3)11-7-12-20(16,17)5;1-7-15(2)9-11-17-16(3)10-12-18-19(4,5)13-8-14-20(17,18)6/h8,11,17-18,23H,6-7,9-10,12-14,22H2,1-5H3;11,17-18,23H,2,6-10,12-14,22H2,1,3-5H3;7,16-17,21H,1-2,8-14H2,3-6H3;2*15-17H,1,5-13H2,2-4H3;6,14,16-17H,1,7-13H2,2-5H3;7,10,17-18H,1-2,8-9,11-14H2,3-6H3/b2*15-11+;;;;;/t2*17-,18?,20+;16-,17?,19?,20+;15-,16?,17-,19+,20+;15-,16?,17+,19-,20-;16-,17?,19+,20+;17-,18?,20+/m0110110/s1. The van der Waals surface area contributed by atoms with Gasteiger partial charge in [0.25, 0.3) is 0 Å². The fourth-order valence-electron chi connectivity index (χ4n) is 42.6. The Hall–Kier alpha value is -1.78. The van der Waals surface area contributed by atoms with Crippen LogP contribution in [0.2, 0.25) is 0 Å². The summed E-state index contributed by atoms with van der Waals surface area (Å²) in [7, 11) is 6.30. The maximum absolute atomic E-state index is 10.3. The second-order valence-corrected chi connectivity index (χ2v) is 64.9. The number of rotatable bonds is 21. The van der Waals surface area contributed by atoms with Crippen LogP contribution in [0.15, 0.2) is 157 Å². The second kappa shape index (κ2) is 47.6. The van der Waals surface area contributed by atoms with Crippen LogP contribution in [0.1, 0.15) is 514 Å². The van der Waals surface area contributed by atoms with Crippen molar-refractivity contribution in [2.45, 2.75) is 520 Å². The molecule has 0 amide bonds. The van der Waals surface area contributed by atoms with Gasteiger partial charge in [0.05, 0.1) is 18.8 Å². The van der Waals surface area contributed by atoms with Crippen molar-refractivity contribution in [1.82, 2.24) is 0 Å². The van der Waals surface area contributed by atoms with Gasteiger partial charge in [0.2, 0.25) is 0 Å². The Kier molecular flexibility index (Phi) is 39.6. The van der Waals surface area contributed by atoms with Gasteiger partial charge >= 0.3 is 0 Å². The molecule has 31 atom stereocenters. The second-order valence-electron chi connectivity index (χ2n) is 62.4. The van der Waals surface area contributed by atoms with Gasteiger partial charge in [0, 0.05) is 22.4 Å². The average molecular weight is 2090 g/mol. The molecule has 0 saturated heterocycles. The van der Waals surface area contributed by atoms with E-state index in [2.05, 4.69) is 287 Å². The molecule has 0 heterocycles. The van der Waals surface area contributed by atoms with Gasteiger partial charge in [-0.15, -0.1) is 13.2 Å². The van der Waals surface area contributed by atoms with E-state index in [1.165, 1.54) is 336 Å². The molecule has 20 aliphatic rings. The molecule has 12 unspecified atom stereocenters. The monoisotopic (exact) mass is 2090 g/mol. The molecule has 4 bridgehead atoms. The normalized spacial score (nSPS) is 42.1. The van der Waals surface area contributed by atoms with E-state index in [4.69, 9.17) is 9.05 Å². The van der Waals surface area contributed by atoms with Crippen molar-refractivity contribution in [3.8, 4) is 0 Å². The number of allylic oxidation sites excluding steroid dienone is 15. The number of hydrogen-bond donors (Lipinski definition) is 1. The predicted octanol–water partition coefficient (Wildman–Crippen LogP) is 43.7. The van der Waals surface area contributed by atoms with E-state index >= 15 is 0 Å². The first-order valence-electron chi connectivity index (χ1n) is 62.1. The molecule has 20 aliphatic carbocycles. The van der Waals surface area contributed by atoms with Gasteiger partial charge in [-0.2, -0.15) is 0 Å². The maximum Gasteiger partial charge on any atom is 0.0797 e. The van der Waals surface area contributed by atoms with Crippen LogP contribution < -0.4 is 0 Å².